The Labute approximate surface area is 149 Å². The first kappa shape index (κ1) is 18.3. The Morgan fingerprint density at radius 3 is 2.17 bits per heavy atom. The minimum Gasteiger partial charge on any atom is -0.497 e. The minimum atomic E-state index is -0.665. The molecular formula is C20H24ClNO2. The summed E-state index contributed by atoms with van der Waals surface area (Å²) in [6.07, 6.45) is 0. The molecular weight excluding hydrogens is 322 g/mol. The molecule has 0 aliphatic heterocycles. The predicted octanol–water partition coefficient (Wildman–Crippen LogP) is 4.68. The molecule has 24 heavy (non-hydrogen) atoms. The molecule has 0 unspecified atom stereocenters. The van der Waals surface area contributed by atoms with Crippen LogP contribution in [0.3, 0.4) is 0 Å². The van der Waals surface area contributed by atoms with Crippen molar-refractivity contribution in [3.05, 3.63) is 64.7 Å². The highest BCUT2D eigenvalue weighted by Crippen LogP contribution is 2.29. The smallest absolute Gasteiger partial charge is 0.230 e. The van der Waals surface area contributed by atoms with Gasteiger partial charge in [0.2, 0.25) is 5.91 Å². The number of carbonyl (C=O) groups excluding carboxylic acids is 1. The number of hydrogen-bond acceptors (Lipinski definition) is 2. The summed E-state index contributed by atoms with van der Waals surface area (Å²) in [5.41, 5.74) is 0.713. The molecule has 3 nitrogen and oxygen atoms in total. The zero-order chi connectivity index (χ0) is 18.0. The molecule has 2 rings (SSSR count). The first-order chi connectivity index (χ1) is 11.2. The lowest BCUT2D eigenvalue weighted by molar-refractivity contribution is -0.127. The van der Waals surface area contributed by atoms with E-state index >= 15 is 0 Å². The van der Waals surface area contributed by atoms with Crippen molar-refractivity contribution in [1.82, 2.24) is 5.32 Å². The van der Waals surface area contributed by atoms with Crippen molar-refractivity contribution in [3.63, 3.8) is 0 Å². The molecule has 2 aromatic carbocycles. The first-order valence-corrected chi connectivity index (χ1v) is 8.28. The summed E-state index contributed by atoms with van der Waals surface area (Å²) < 4.78 is 5.18. The van der Waals surface area contributed by atoms with E-state index < -0.39 is 11.0 Å². The number of nitrogens with one attached hydrogen (secondary N) is 1. The highest BCUT2D eigenvalue weighted by molar-refractivity contribution is 6.30. The quantitative estimate of drug-likeness (QED) is 0.854. The maximum Gasteiger partial charge on any atom is 0.230 e. The van der Waals surface area contributed by atoms with Gasteiger partial charge in [0.1, 0.15) is 5.75 Å². The van der Waals surface area contributed by atoms with Crippen LogP contribution in [0.4, 0.5) is 0 Å². The fourth-order valence-electron chi connectivity index (χ4n) is 2.53. The number of hydrogen-bond donors (Lipinski definition) is 1. The normalized spacial score (nSPS) is 11.9. The topological polar surface area (TPSA) is 38.3 Å². The molecule has 0 aliphatic carbocycles. The SMILES string of the molecule is COc1ccc(C(C)(C)C(=O)NC(C)(C)c2cccc(Cl)c2)cc1. The summed E-state index contributed by atoms with van der Waals surface area (Å²) in [7, 11) is 1.63. The Kier molecular flexibility index (Phi) is 5.24. The van der Waals surface area contributed by atoms with E-state index in [9.17, 15) is 4.79 Å². The highest BCUT2D eigenvalue weighted by atomic mass is 35.5. The fraction of sp³-hybridized carbons (Fsp3) is 0.350. The van der Waals surface area contributed by atoms with Gasteiger partial charge in [-0.15, -0.1) is 0 Å². The van der Waals surface area contributed by atoms with Crippen molar-refractivity contribution in [2.24, 2.45) is 0 Å². The van der Waals surface area contributed by atoms with Gasteiger partial charge in [0, 0.05) is 5.02 Å². The lowest BCUT2D eigenvalue weighted by Gasteiger charge is -2.33. The van der Waals surface area contributed by atoms with E-state index in [0.717, 1.165) is 16.9 Å². The maximum atomic E-state index is 12.9. The van der Waals surface area contributed by atoms with Crippen LogP contribution in [0.5, 0.6) is 5.75 Å². The molecule has 0 aromatic heterocycles. The molecule has 0 aliphatic rings. The molecule has 0 bridgehead atoms. The van der Waals surface area contributed by atoms with Crippen LogP contribution in [0.25, 0.3) is 0 Å². The van der Waals surface area contributed by atoms with Crippen LogP contribution in [0.15, 0.2) is 48.5 Å². The van der Waals surface area contributed by atoms with Gasteiger partial charge < -0.3 is 10.1 Å². The molecule has 0 spiro atoms. The van der Waals surface area contributed by atoms with Crippen LogP contribution in [0.2, 0.25) is 5.02 Å². The Hall–Kier alpha value is -2.00. The van der Waals surface area contributed by atoms with Crippen molar-refractivity contribution in [3.8, 4) is 5.75 Å². The van der Waals surface area contributed by atoms with Crippen molar-refractivity contribution >= 4 is 17.5 Å². The largest absolute Gasteiger partial charge is 0.497 e. The summed E-state index contributed by atoms with van der Waals surface area (Å²) in [6, 6.07) is 15.1. The van der Waals surface area contributed by atoms with Crippen LogP contribution in [-0.2, 0) is 15.7 Å². The lowest BCUT2D eigenvalue weighted by Crippen LogP contribution is -2.48. The van der Waals surface area contributed by atoms with Gasteiger partial charge in [-0.05, 0) is 63.1 Å². The molecule has 0 fully saturated rings. The van der Waals surface area contributed by atoms with E-state index in [1.807, 2.05) is 76.2 Å². The summed E-state index contributed by atoms with van der Waals surface area (Å²) in [6.45, 7) is 7.78. The van der Waals surface area contributed by atoms with Crippen LogP contribution in [0.1, 0.15) is 38.8 Å². The first-order valence-electron chi connectivity index (χ1n) is 7.90. The Morgan fingerprint density at radius 2 is 1.62 bits per heavy atom. The number of ether oxygens (including phenoxy) is 1. The van der Waals surface area contributed by atoms with Gasteiger partial charge in [0.05, 0.1) is 18.1 Å². The van der Waals surface area contributed by atoms with Gasteiger partial charge in [-0.2, -0.15) is 0 Å². The summed E-state index contributed by atoms with van der Waals surface area (Å²) in [4.78, 5) is 12.9. The van der Waals surface area contributed by atoms with Gasteiger partial charge in [-0.3, -0.25) is 4.79 Å². The van der Waals surface area contributed by atoms with Gasteiger partial charge >= 0.3 is 0 Å². The maximum absolute atomic E-state index is 12.9. The molecule has 0 saturated heterocycles. The molecule has 1 N–H and O–H groups in total. The summed E-state index contributed by atoms with van der Waals surface area (Å²) in [5, 5.41) is 3.80. The molecule has 0 radical (unpaired) electrons. The van der Waals surface area contributed by atoms with E-state index in [1.54, 1.807) is 7.11 Å². The fourth-order valence-corrected chi connectivity index (χ4v) is 2.72. The average molecular weight is 346 g/mol. The second-order valence-electron chi connectivity index (χ2n) is 6.94. The molecule has 1 amide bonds. The number of benzene rings is 2. The number of carbonyl (C=O) groups is 1. The van der Waals surface area contributed by atoms with E-state index in [2.05, 4.69) is 5.32 Å². The Balaban J connectivity index is 2.22. The molecule has 4 heteroatoms. The molecule has 0 heterocycles. The highest BCUT2D eigenvalue weighted by Gasteiger charge is 2.34. The van der Waals surface area contributed by atoms with Crippen LogP contribution >= 0.6 is 11.6 Å². The van der Waals surface area contributed by atoms with Crippen LogP contribution in [-0.4, -0.2) is 13.0 Å². The Bertz CT molecular complexity index is 721. The monoisotopic (exact) mass is 345 g/mol. The number of methoxy groups -OCH3 is 1. The molecule has 2 aromatic rings. The van der Waals surface area contributed by atoms with Gasteiger partial charge in [0.25, 0.3) is 0 Å². The second kappa shape index (κ2) is 6.86. The zero-order valence-corrected chi connectivity index (χ0v) is 15.6. The Morgan fingerprint density at radius 1 is 1.00 bits per heavy atom. The van der Waals surface area contributed by atoms with E-state index in [-0.39, 0.29) is 5.91 Å². The van der Waals surface area contributed by atoms with Gasteiger partial charge in [0.15, 0.2) is 0 Å². The molecule has 128 valence electrons. The second-order valence-corrected chi connectivity index (χ2v) is 7.38. The third-order valence-corrected chi connectivity index (χ3v) is 4.59. The van der Waals surface area contributed by atoms with E-state index in [4.69, 9.17) is 16.3 Å². The summed E-state index contributed by atoms with van der Waals surface area (Å²) >= 11 is 6.08. The van der Waals surface area contributed by atoms with Gasteiger partial charge in [-0.1, -0.05) is 35.9 Å². The van der Waals surface area contributed by atoms with Crippen molar-refractivity contribution < 1.29 is 9.53 Å². The lowest BCUT2D eigenvalue weighted by atomic mass is 9.82. The van der Waals surface area contributed by atoms with Crippen LogP contribution < -0.4 is 10.1 Å². The third kappa shape index (κ3) is 3.90. The predicted molar refractivity (Wildman–Crippen MR) is 98.6 cm³/mol. The van der Waals surface area contributed by atoms with Crippen molar-refractivity contribution in [1.29, 1.82) is 0 Å². The number of halogens is 1. The summed E-state index contributed by atoms with van der Waals surface area (Å²) in [5.74, 6) is 0.729. The van der Waals surface area contributed by atoms with Crippen LogP contribution in [0, 0.1) is 0 Å². The molecule has 0 atom stereocenters. The van der Waals surface area contributed by atoms with Crippen molar-refractivity contribution in [2.75, 3.05) is 7.11 Å². The van der Waals surface area contributed by atoms with Gasteiger partial charge in [-0.25, -0.2) is 0 Å². The number of amides is 1. The van der Waals surface area contributed by atoms with Crippen molar-refractivity contribution in [2.45, 2.75) is 38.6 Å². The minimum absolute atomic E-state index is 0.0438. The number of rotatable bonds is 5. The van der Waals surface area contributed by atoms with E-state index in [1.165, 1.54) is 0 Å². The standard InChI is InChI=1S/C20H24ClNO2/c1-19(2,14-9-11-17(24-5)12-10-14)18(23)22-20(3,4)15-7-6-8-16(21)13-15/h6-13H,1-5H3,(H,22,23). The van der Waals surface area contributed by atoms with E-state index in [0.29, 0.717) is 5.02 Å². The third-order valence-electron chi connectivity index (χ3n) is 4.35. The zero-order valence-electron chi connectivity index (χ0n) is 14.8. The molecule has 0 saturated carbocycles. The average Bonchev–Trinajstić information content (AvgIpc) is 2.54.